The summed E-state index contributed by atoms with van der Waals surface area (Å²) in [5.41, 5.74) is 3.87. The molecule has 1 heterocycles. The fraction of sp³-hybridized carbons (Fsp3) is 0.125. The molecular formula is C24H22N2O3. The first-order valence-corrected chi connectivity index (χ1v) is 9.31. The smallest absolute Gasteiger partial charge is 0.122 e. The summed E-state index contributed by atoms with van der Waals surface area (Å²) in [4.78, 5) is 4.49. The van der Waals surface area contributed by atoms with Crippen molar-refractivity contribution in [1.29, 1.82) is 0 Å². The number of anilines is 2. The lowest BCUT2D eigenvalue weighted by molar-refractivity contribution is 0.306. The predicted octanol–water partition coefficient (Wildman–Crippen LogP) is 5.57. The van der Waals surface area contributed by atoms with E-state index in [-0.39, 0.29) is 0 Å². The fourth-order valence-electron chi connectivity index (χ4n) is 3.07. The molecule has 5 nitrogen and oxygen atoms in total. The molecule has 0 aliphatic heterocycles. The molecule has 4 aromatic rings. The van der Waals surface area contributed by atoms with E-state index in [1.807, 2.05) is 72.8 Å². The minimum atomic E-state index is 0.483. The van der Waals surface area contributed by atoms with Gasteiger partial charge < -0.3 is 19.5 Å². The zero-order valence-corrected chi connectivity index (χ0v) is 16.4. The highest BCUT2D eigenvalue weighted by Crippen LogP contribution is 2.29. The van der Waals surface area contributed by atoms with Gasteiger partial charge in [-0.15, -0.1) is 0 Å². The van der Waals surface area contributed by atoms with Crippen LogP contribution < -0.4 is 19.5 Å². The molecule has 0 aliphatic carbocycles. The molecule has 0 saturated heterocycles. The third kappa shape index (κ3) is 4.41. The molecule has 1 aromatic heterocycles. The maximum Gasteiger partial charge on any atom is 0.122 e. The standard InChI is InChI=1S/C24H22N2O3/c1-27-19-8-6-17(7-9-19)16-29-21-10-11-22-23(12-13-25-24(22)15-21)26-18-4-3-5-20(14-18)28-2/h3-15H,16H2,1-2H3,(H,25,26). The van der Waals surface area contributed by atoms with Crippen LogP contribution in [0, 0.1) is 0 Å². The van der Waals surface area contributed by atoms with Crippen LogP contribution in [0.1, 0.15) is 5.56 Å². The van der Waals surface area contributed by atoms with Crippen LogP contribution in [0.3, 0.4) is 0 Å². The van der Waals surface area contributed by atoms with Gasteiger partial charge in [0, 0.05) is 35.1 Å². The molecular weight excluding hydrogens is 364 g/mol. The van der Waals surface area contributed by atoms with Gasteiger partial charge in [-0.05, 0) is 48.0 Å². The topological polar surface area (TPSA) is 52.6 Å². The van der Waals surface area contributed by atoms with Crippen molar-refractivity contribution < 1.29 is 14.2 Å². The number of pyridine rings is 1. The van der Waals surface area contributed by atoms with Gasteiger partial charge in [0.15, 0.2) is 0 Å². The second-order valence-electron chi connectivity index (χ2n) is 6.53. The van der Waals surface area contributed by atoms with Crippen molar-refractivity contribution in [2.75, 3.05) is 19.5 Å². The molecule has 0 atom stereocenters. The monoisotopic (exact) mass is 386 g/mol. The van der Waals surface area contributed by atoms with Gasteiger partial charge in [-0.3, -0.25) is 4.98 Å². The van der Waals surface area contributed by atoms with Crippen molar-refractivity contribution in [3.05, 3.63) is 84.6 Å². The third-order valence-electron chi connectivity index (χ3n) is 4.63. The molecule has 0 saturated carbocycles. The first kappa shape index (κ1) is 18.6. The average molecular weight is 386 g/mol. The van der Waals surface area contributed by atoms with Crippen LogP contribution >= 0.6 is 0 Å². The Labute approximate surface area is 169 Å². The number of aromatic nitrogens is 1. The number of hydrogen-bond acceptors (Lipinski definition) is 5. The van der Waals surface area contributed by atoms with E-state index in [2.05, 4.69) is 10.3 Å². The van der Waals surface area contributed by atoms with E-state index < -0.39 is 0 Å². The summed E-state index contributed by atoms with van der Waals surface area (Å²) in [5.74, 6) is 2.42. The van der Waals surface area contributed by atoms with E-state index >= 15 is 0 Å². The molecule has 0 fully saturated rings. The summed E-state index contributed by atoms with van der Waals surface area (Å²) in [5, 5.41) is 4.46. The minimum absolute atomic E-state index is 0.483. The number of methoxy groups -OCH3 is 2. The van der Waals surface area contributed by atoms with Gasteiger partial charge in [0.2, 0.25) is 0 Å². The van der Waals surface area contributed by atoms with Crippen molar-refractivity contribution in [1.82, 2.24) is 4.98 Å². The predicted molar refractivity (Wildman–Crippen MR) is 115 cm³/mol. The van der Waals surface area contributed by atoms with Gasteiger partial charge in [0.05, 0.1) is 19.7 Å². The molecule has 0 bridgehead atoms. The molecule has 146 valence electrons. The van der Waals surface area contributed by atoms with E-state index in [0.29, 0.717) is 6.61 Å². The Bertz CT molecular complexity index is 1110. The third-order valence-corrected chi connectivity index (χ3v) is 4.63. The molecule has 3 aromatic carbocycles. The number of nitrogens with zero attached hydrogens (tertiary/aromatic N) is 1. The second kappa shape index (κ2) is 8.52. The Kier molecular flexibility index (Phi) is 5.47. The van der Waals surface area contributed by atoms with Gasteiger partial charge in [-0.1, -0.05) is 18.2 Å². The molecule has 0 spiro atoms. The Morgan fingerprint density at radius 2 is 1.59 bits per heavy atom. The molecule has 0 aliphatic rings. The van der Waals surface area contributed by atoms with E-state index in [1.165, 1.54) is 0 Å². The lowest BCUT2D eigenvalue weighted by Gasteiger charge is -2.12. The number of fused-ring (bicyclic) bond motifs is 1. The first-order valence-electron chi connectivity index (χ1n) is 9.31. The van der Waals surface area contributed by atoms with Crippen LogP contribution in [-0.4, -0.2) is 19.2 Å². The largest absolute Gasteiger partial charge is 0.497 e. The van der Waals surface area contributed by atoms with Crippen molar-refractivity contribution in [3.63, 3.8) is 0 Å². The minimum Gasteiger partial charge on any atom is -0.497 e. The lowest BCUT2D eigenvalue weighted by atomic mass is 10.1. The van der Waals surface area contributed by atoms with Crippen molar-refractivity contribution in [2.24, 2.45) is 0 Å². The van der Waals surface area contributed by atoms with E-state index in [4.69, 9.17) is 14.2 Å². The Morgan fingerprint density at radius 1 is 0.793 bits per heavy atom. The molecule has 4 rings (SSSR count). The first-order chi connectivity index (χ1) is 14.2. The zero-order valence-electron chi connectivity index (χ0n) is 16.4. The number of hydrogen-bond donors (Lipinski definition) is 1. The summed E-state index contributed by atoms with van der Waals surface area (Å²) in [6.45, 7) is 0.483. The summed E-state index contributed by atoms with van der Waals surface area (Å²) in [7, 11) is 3.32. The second-order valence-corrected chi connectivity index (χ2v) is 6.53. The van der Waals surface area contributed by atoms with Crippen LogP contribution in [-0.2, 0) is 6.61 Å². The number of ether oxygens (including phenoxy) is 3. The zero-order chi connectivity index (χ0) is 20.1. The maximum atomic E-state index is 5.94. The highest BCUT2D eigenvalue weighted by molar-refractivity contribution is 5.93. The van der Waals surface area contributed by atoms with E-state index in [1.54, 1.807) is 20.4 Å². The molecule has 0 unspecified atom stereocenters. The average Bonchev–Trinajstić information content (AvgIpc) is 2.78. The van der Waals surface area contributed by atoms with Gasteiger partial charge >= 0.3 is 0 Å². The van der Waals surface area contributed by atoms with Gasteiger partial charge in [-0.25, -0.2) is 0 Å². The van der Waals surface area contributed by atoms with Crippen LogP contribution in [0.25, 0.3) is 10.9 Å². The number of nitrogens with one attached hydrogen (secondary N) is 1. The van der Waals surface area contributed by atoms with Crippen LogP contribution in [0.5, 0.6) is 17.2 Å². The van der Waals surface area contributed by atoms with Crippen molar-refractivity contribution >= 4 is 22.3 Å². The summed E-state index contributed by atoms with van der Waals surface area (Å²) < 4.78 is 16.4. The maximum absolute atomic E-state index is 5.94. The molecule has 1 N–H and O–H groups in total. The highest BCUT2D eigenvalue weighted by Gasteiger charge is 2.06. The van der Waals surface area contributed by atoms with E-state index in [9.17, 15) is 0 Å². The molecule has 5 heteroatoms. The van der Waals surface area contributed by atoms with Crippen molar-refractivity contribution in [3.8, 4) is 17.2 Å². The van der Waals surface area contributed by atoms with Gasteiger partial charge in [0.25, 0.3) is 0 Å². The summed E-state index contributed by atoms with van der Waals surface area (Å²) in [6, 6.07) is 23.6. The quantitative estimate of drug-likeness (QED) is 0.450. The van der Waals surface area contributed by atoms with Crippen LogP contribution in [0.2, 0.25) is 0 Å². The summed E-state index contributed by atoms with van der Waals surface area (Å²) in [6.07, 6.45) is 1.79. The van der Waals surface area contributed by atoms with Gasteiger partial charge in [-0.2, -0.15) is 0 Å². The number of benzene rings is 3. The lowest BCUT2D eigenvalue weighted by Crippen LogP contribution is -1.97. The van der Waals surface area contributed by atoms with Crippen LogP contribution in [0.4, 0.5) is 11.4 Å². The Balaban J connectivity index is 1.52. The van der Waals surface area contributed by atoms with Gasteiger partial charge in [0.1, 0.15) is 23.9 Å². The van der Waals surface area contributed by atoms with Crippen molar-refractivity contribution in [2.45, 2.75) is 6.61 Å². The highest BCUT2D eigenvalue weighted by atomic mass is 16.5. The molecule has 0 amide bonds. The van der Waals surface area contributed by atoms with E-state index in [0.717, 1.165) is 45.1 Å². The summed E-state index contributed by atoms with van der Waals surface area (Å²) >= 11 is 0. The van der Waals surface area contributed by atoms with Crippen LogP contribution in [0.15, 0.2) is 79.0 Å². The Hall–Kier alpha value is -3.73. The molecule has 29 heavy (non-hydrogen) atoms. The fourth-order valence-corrected chi connectivity index (χ4v) is 3.07. The normalized spacial score (nSPS) is 10.6. The number of rotatable bonds is 7. The SMILES string of the molecule is COc1ccc(COc2ccc3c(Nc4cccc(OC)c4)ccnc3c2)cc1. The molecule has 0 radical (unpaired) electrons. The Morgan fingerprint density at radius 3 is 2.38 bits per heavy atom.